The molecule has 4 nitrogen and oxygen atoms in total. The van der Waals surface area contributed by atoms with Gasteiger partial charge in [0.1, 0.15) is 6.04 Å². The molecule has 156 valence electrons. The van der Waals surface area contributed by atoms with Crippen molar-refractivity contribution in [2.24, 2.45) is 5.92 Å². The molecule has 0 unspecified atom stereocenters. The Morgan fingerprint density at radius 3 is 2.45 bits per heavy atom. The Morgan fingerprint density at radius 2 is 1.79 bits per heavy atom. The number of carbonyl (C=O) groups excluding carboxylic acids is 2. The van der Waals surface area contributed by atoms with Crippen molar-refractivity contribution >= 4 is 23.4 Å². The van der Waals surface area contributed by atoms with Gasteiger partial charge in [-0.3, -0.25) is 9.59 Å². The Morgan fingerprint density at radius 1 is 1.07 bits per heavy atom. The van der Waals surface area contributed by atoms with E-state index in [0.29, 0.717) is 24.0 Å². The first-order chi connectivity index (χ1) is 13.7. The summed E-state index contributed by atoms with van der Waals surface area (Å²) in [5.41, 5.74) is 4.07. The maximum absolute atomic E-state index is 13.3. The van der Waals surface area contributed by atoms with Gasteiger partial charge in [0.15, 0.2) is 0 Å². The van der Waals surface area contributed by atoms with Crippen molar-refractivity contribution in [1.82, 2.24) is 10.2 Å². The van der Waals surface area contributed by atoms with E-state index >= 15 is 0 Å². The molecule has 29 heavy (non-hydrogen) atoms. The van der Waals surface area contributed by atoms with Crippen molar-refractivity contribution in [3.05, 3.63) is 69.7 Å². The van der Waals surface area contributed by atoms with Gasteiger partial charge in [-0.15, -0.1) is 0 Å². The van der Waals surface area contributed by atoms with E-state index in [0.717, 1.165) is 22.3 Å². The predicted octanol–water partition coefficient (Wildman–Crippen LogP) is 4.69. The summed E-state index contributed by atoms with van der Waals surface area (Å²) in [6.07, 6.45) is 0.260. The van der Waals surface area contributed by atoms with Crippen molar-refractivity contribution in [3.8, 4) is 0 Å². The van der Waals surface area contributed by atoms with E-state index in [1.54, 1.807) is 17.9 Å². The summed E-state index contributed by atoms with van der Waals surface area (Å²) in [4.78, 5) is 27.6. The number of nitrogens with one attached hydrogen (secondary N) is 1. The molecule has 1 atom stereocenters. The summed E-state index contributed by atoms with van der Waals surface area (Å²) >= 11 is 6.12. The maximum atomic E-state index is 13.3. The van der Waals surface area contributed by atoms with Gasteiger partial charge in [-0.2, -0.15) is 0 Å². The third-order valence-corrected chi connectivity index (χ3v) is 5.18. The van der Waals surface area contributed by atoms with E-state index < -0.39 is 6.04 Å². The first-order valence-electron chi connectivity index (χ1n) is 10.0. The lowest BCUT2D eigenvalue weighted by atomic mass is 10.0. The van der Waals surface area contributed by atoms with E-state index in [9.17, 15) is 9.59 Å². The fourth-order valence-corrected chi connectivity index (χ4v) is 3.34. The molecular weight excluding hydrogens is 384 g/mol. The van der Waals surface area contributed by atoms with Crippen LogP contribution in [0.4, 0.5) is 0 Å². The Bertz CT molecular complexity index is 864. The van der Waals surface area contributed by atoms with Crippen LogP contribution in [-0.4, -0.2) is 29.3 Å². The molecule has 0 heterocycles. The lowest BCUT2D eigenvalue weighted by Crippen LogP contribution is -2.48. The molecule has 0 spiro atoms. The summed E-state index contributed by atoms with van der Waals surface area (Å²) < 4.78 is 0. The van der Waals surface area contributed by atoms with Gasteiger partial charge in [0.2, 0.25) is 11.8 Å². The Hall–Kier alpha value is -2.33. The van der Waals surface area contributed by atoms with Crippen LogP contribution >= 0.6 is 11.6 Å². The van der Waals surface area contributed by atoms with Crippen LogP contribution in [0.2, 0.25) is 5.02 Å². The maximum Gasteiger partial charge on any atom is 0.242 e. The largest absolute Gasteiger partial charge is 0.354 e. The van der Waals surface area contributed by atoms with E-state index in [1.807, 2.05) is 64.1 Å². The summed E-state index contributed by atoms with van der Waals surface area (Å²) in [5.74, 6) is 0.124. The molecule has 0 saturated carbocycles. The fourth-order valence-electron chi connectivity index (χ4n) is 3.12. The molecule has 5 heteroatoms. The number of hydrogen-bond donors (Lipinski definition) is 1. The summed E-state index contributed by atoms with van der Waals surface area (Å²) in [5, 5.41) is 3.55. The number of amides is 2. The second-order valence-electron chi connectivity index (χ2n) is 8.07. The number of hydrogen-bond acceptors (Lipinski definition) is 2. The highest BCUT2D eigenvalue weighted by Crippen LogP contribution is 2.18. The lowest BCUT2D eigenvalue weighted by molar-refractivity contribution is -0.140. The zero-order valence-electron chi connectivity index (χ0n) is 18.0. The average Bonchev–Trinajstić information content (AvgIpc) is 2.66. The quantitative estimate of drug-likeness (QED) is 0.681. The van der Waals surface area contributed by atoms with Crippen LogP contribution in [-0.2, 0) is 22.6 Å². The first-order valence-corrected chi connectivity index (χ1v) is 10.4. The van der Waals surface area contributed by atoms with Gasteiger partial charge < -0.3 is 10.2 Å². The monoisotopic (exact) mass is 414 g/mol. The molecule has 2 rings (SSSR count). The van der Waals surface area contributed by atoms with Gasteiger partial charge >= 0.3 is 0 Å². The van der Waals surface area contributed by atoms with Crippen molar-refractivity contribution in [1.29, 1.82) is 0 Å². The number of rotatable bonds is 8. The van der Waals surface area contributed by atoms with E-state index in [4.69, 9.17) is 11.6 Å². The second-order valence-corrected chi connectivity index (χ2v) is 8.51. The van der Waals surface area contributed by atoms with Gasteiger partial charge in [0.05, 0.1) is 6.42 Å². The molecule has 0 saturated heterocycles. The molecule has 0 bridgehead atoms. The zero-order chi connectivity index (χ0) is 21.6. The van der Waals surface area contributed by atoms with E-state index in [1.165, 1.54) is 0 Å². The minimum atomic E-state index is -0.578. The van der Waals surface area contributed by atoms with E-state index in [-0.39, 0.29) is 18.2 Å². The highest BCUT2D eigenvalue weighted by molar-refractivity contribution is 6.30. The van der Waals surface area contributed by atoms with E-state index in [2.05, 4.69) is 5.32 Å². The Kier molecular flexibility index (Phi) is 8.27. The normalized spacial score (nSPS) is 12.0. The first kappa shape index (κ1) is 23.0. The van der Waals surface area contributed by atoms with Crippen molar-refractivity contribution in [2.75, 3.05) is 6.54 Å². The highest BCUT2D eigenvalue weighted by Gasteiger charge is 2.26. The summed E-state index contributed by atoms with van der Waals surface area (Å²) in [6.45, 7) is 10.8. The van der Waals surface area contributed by atoms with Crippen molar-refractivity contribution in [2.45, 2.75) is 53.6 Å². The van der Waals surface area contributed by atoms with Gasteiger partial charge in [-0.1, -0.05) is 61.3 Å². The molecule has 0 radical (unpaired) electrons. The standard InChI is InChI=1S/C24H31ClN2O2/c1-16(2)14-26-24(29)19(5)27(15-20-7-6-8-22(25)12-20)23(28)13-21-11-17(3)9-10-18(21)4/h6-12,16,19H,13-15H2,1-5H3,(H,26,29)/t19-/m0/s1. The molecule has 0 aliphatic carbocycles. The molecule has 1 N–H and O–H groups in total. The molecule has 0 aromatic heterocycles. The minimum absolute atomic E-state index is 0.0779. The smallest absolute Gasteiger partial charge is 0.242 e. The molecule has 2 aromatic carbocycles. The molecule has 2 aromatic rings. The van der Waals surface area contributed by atoms with Crippen LogP contribution < -0.4 is 5.32 Å². The van der Waals surface area contributed by atoms with Crippen molar-refractivity contribution < 1.29 is 9.59 Å². The van der Waals surface area contributed by atoms with Gasteiger partial charge in [0.25, 0.3) is 0 Å². The minimum Gasteiger partial charge on any atom is -0.354 e. The van der Waals surface area contributed by atoms with Crippen LogP contribution in [0.1, 0.15) is 43.0 Å². The van der Waals surface area contributed by atoms with Crippen LogP contribution in [0.15, 0.2) is 42.5 Å². The molecule has 0 aliphatic heterocycles. The highest BCUT2D eigenvalue weighted by atomic mass is 35.5. The van der Waals surface area contributed by atoms with Gasteiger partial charge in [-0.05, 0) is 55.5 Å². The topological polar surface area (TPSA) is 49.4 Å². The predicted molar refractivity (Wildman–Crippen MR) is 119 cm³/mol. The molecule has 0 aliphatic rings. The number of aryl methyl sites for hydroxylation is 2. The van der Waals surface area contributed by atoms with Crippen LogP contribution in [0.5, 0.6) is 0 Å². The third-order valence-electron chi connectivity index (χ3n) is 4.94. The van der Waals surface area contributed by atoms with Gasteiger partial charge in [-0.25, -0.2) is 0 Å². The fraction of sp³-hybridized carbons (Fsp3) is 0.417. The van der Waals surface area contributed by atoms with Crippen LogP contribution in [0.25, 0.3) is 0 Å². The SMILES string of the molecule is Cc1ccc(C)c(CC(=O)N(Cc2cccc(Cl)c2)[C@@H](C)C(=O)NCC(C)C)c1. The molecule has 0 fully saturated rings. The lowest BCUT2D eigenvalue weighted by Gasteiger charge is -2.29. The number of carbonyl (C=O) groups is 2. The van der Waals surface area contributed by atoms with Crippen LogP contribution in [0.3, 0.4) is 0 Å². The average molecular weight is 415 g/mol. The zero-order valence-corrected chi connectivity index (χ0v) is 18.7. The number of benzene rings is 2. The second kappa shape index (κ2) is 10.4. The number of halogens is 1. The Balaban J connectivity index is 2.25. The molecular formula is C24H31ClN2O2. The van der Waals surface area contributed by atoms with Gasteiger partial charge in [0, 0.05) is 18.1 Å². The summed E-state index contributed by atoms with van der Waals surface area (Å²) in [6, 6.07) is 12.9. The van der Waals surface area contributed by atoms with Crippen molar-refractivity contribution in [3.63, 3.8) is 0 Å². The van der Waals surface area contributed by atoms with Crippen LogP contribution in [0, 0.1) is 19.8 Å². The third kappa shape index (κ3) is 6.90. The Labute approximate surface area is 179 Å². The number of nitrogens with zero attached hydrogens (tertiary/aromatic N) is 1. The molecule has 2 amide bonds. The summed E-state index contributed by atoms with van der Waals surface area (Å²) in [7, 11) is 0.